The molecule has 22 heavy (non-hydrogen) atoms. The van der Waals surface area contributed by atoms with E-state index in [4.69, 9.17) is 0 Å². The molecule has 0 amide bonds. The predicted molar refractivity (Wildman–Crippen MR) is 98.5 cm³/mol. The minimum Gasteiger partial charge on any atom is -0.315 e. The second-order valence-corrected chi connectivity index (χ2v) is 6.53. The lowest BCUT2D eigenvalue weighted by Crippen LogP contribution is -2.36. The maximum Gasteiger partial charge on any atom is 0.0107 e. The molecule has 1 fully saturated rings. The van der Waals surface area contributed by atoms with Crippen molar-refractivity contribution >= 4 is 0 Å². The van der Waals surface area contributed by atoms with Gasteiger partial charge in [0, 0.05) is 32.7 Å². The van der Waals surface area contributed by atoms with Crippen molar-refractivity contribution in [3.8, 4) is 0 Å². The Balaban J connectivity index is 2.38. The van der Waals surface area contributed by atoms with Crippen molar-refractivity contribution < 1.29 is 0 Å². The Morgan fingerprint density at radius 3 is 2.68 bits per heavy atom. The zero-order chi connectivity index (χ0) is 16.0. The summed E-state index contributed by atoms with van der Waals surface area (Å²) >= 11 is 0. The van der Waals surface area contributed by atoms with E-state index < -0.39 is 0 Å². The zero-order valence-corrected chi connectivity index (χ0v) is 14.9. The van der Waals surface area contributed by atoms with Gasteiger partial charge in [0.15, 0.2) is 0 Å². The molecule has 0 aliphatic carbocycles. The molecule has 0 aromatic carbocycles. The minimum atomic E-state index is 1.06. The van der Waals surface area contributed by atoms with Crippen molar-refractivity contribution in [1.82, 2.24) is 15.5 Å². The maximum absolute atomic E-state index is 4.22. The Morgan fingerprint density at radius 2 is 1.91 bits per heavy atom. The largest absolute Gasteiger partial charge is 0.315 e. The third kappa shape index (κ3) is 10.1. The predicted octanol–water partition coefficient (Wildman–Crippen LogP) is 3.34. The molecule has 1 rings (SSSR count). The number of allylic oxidation sites excluding steroid dienone is 1. The number of rotatable bonds is 5. The summed E-state index contributed by atoms with van der Waals surface area (Å²) < 4.78 is 0. The van der Waals surface area contributed by atoms with E-state index in [-0.39, 0.29) is 0 Å². The monoisotopic (exact) mass is 307 g/mol. The number of hydrogen-bond donors (Lipinski definition) is 2. The van der Waals surface area contributed by atoms with Gasteiger partial charge in [-0.3, -0.25) is 0 Å². The zero-order valence-electron chi connectivity index (χ0n) is 14.9. The summed E-state index contributed by atoms with van der Waals surface area (Å²) in [5.74, 6) is 0. The van der Waals surface area contributed by atoms with Crippen LogP contribution in [0.5, 0.6) is 0 Å². The number of nitrogens with one attached hydrogen (secondary N) is 2. The highest BCUT2D eigenvalue weighted by Gasteiger charge is 2.06. The van der Waals surface area contributed by atoms with Crippen LogP contribution in [0.2, 0.25) is 0 Å². The highest BCUT2D eigenvalue weighted by atomic mass is 15.1. The SMILES string of the molecule is C=C1CCCN(CC/C(C)=C\CCC)CCNCCNCC1. The molecule has 3 heteroatoms. The number of nitrogens with zero attached hydrogens (tertiary/aromatic N) is 1. The van der Waals surface area contributed by atoms with Crippen molar-refractivity contribution in [2.45, 2.75) is 52.4 Å². The van der Waals surface area contributed by atoms with Crippen LogP contribution in [0.15, 0.2) is 23.8 Å². The van der Waals surface area contributed by atoms with Crippen molar-refractivity contribution in [2.75, 3.05) is 45.8 Å². The van der Waals surface area contributed by atoms with E-state index in [1.807, 2.05) is 0 Å². The smallest absolute Gasteiger partial charge is 0.0107 e. The molecule has 0 aromatic heterocycles. The summed E-state index contributed by atoms with van der Waals surface area (Å²) in [6.07, 6.45) is 9.64. The van der Waals surface area contributed by atoms with Gasteiger partial charge in [-0.25, -0.2) is 0 Å². The van der Waals surface area contributed by atoms with Gasteiger partial charge in [0.2, 0.25) is 0 Å². The Kier molecular flexibility index (Phi) is 11.3. The normalized spacial score (nSPS) is 21.0. The molecule has 1 aliphatic heterocycles. The number of unbranched alkanes of at least 4 members (excludes halogenated alkanes) is 1. The van der Waals surface area contributed by atoms with Gasteiger partial charge in [0.25, 0.3) is 0 Å². The summed E-state index contributed by atoms with van der Waals surface area (Å²) in [4.78, 5) is 2.62. The molecular formula is C19H37N3. The molecule has 0 aromatic rings. The fourth-order valence-corrected chi connectivity index (χ4v) is 2.77. The van der Waals surface area contributed by atoms with Crippen LogP contribution >= 0.6 is 0 Å². The van der Waals surface area contributed by atoms with Gasteiger partial charge in [-0.2, -0.15) is 0 Å². The van der Waals surface area contributed by atoms with E-state index >= 15 is 0 Å². The van der Waals surface area contributed by atoms with Crippen LogP contribution in [0, 0.1) is 0 Å². The van der Waals surface area contributed by atoms with Crippen LogP contribution in [-0.2, 0) is 0 Å². The molecule has 1 heterocycles. The van der Waals surface area contributed by atoms with Gasteiger partial charge in [0.1, 0.15) is 0 Å². The van der Waals surface area contributed by atoms with E-state index in [1.54, 1.807) is 5.57 Å². The lowest BCUT2D eigenvalue weighted by molar-refractivity contribution is 0.273. The van der Waals surface area contributed by atoms with Crippen LogP contribution in [0.25, 0.3) is 0 Å². The van der Waals surface area contributed by atoms with E-state index in [2.05, 4.69) is 42.0 Å². The third-order valence-corrected chi connectivity index (χ3v) is 4.35. The molecular weight excluding hydrogens is 270 g/mol. The van der Waals surface area contributed by atoms with Gasteiger partial charge < -0.3 is 15.5 Å². The first-order valence-corrected chi connectivity index (χ1v) is 9.18. The molecule has 0 atom stereocenters. The average Bonchev–Trinajstić information content (AvgIpc) is 2.53. The fraction of sp³-hybridized carbons (Fsp3) is 0.789. The van der Waals surface area contributed by atoms with E-state index in [0.29, 0.717) is 0 Å². The molecule has 0 saturated carbocycles. The molecule has 128 valence electrons. The first-order chi connectivity index (χ1) is 10.7. The topological polar surface area (TPSA) is 27.3 Å². The van der Waals surface area contributed by atoms with Gasteiger partial charge in [-0.15, -0.1) is 0 Å². The molecule has 2 N–H and O–H groups in total. The van der Waals surface area contributed by atoms with Crippen LogP contribution < -0.4 is 10.6 Å². The molecule has 1 aliphatic rings. The lowest BCUT2D eigenvalue weighted by atomic mass is 10.1. The molecule has 0 bridgehead atoms. The van der Waals surface area contributed by atoms with Gasteiger partial charge in [-0.1, -0.05) is 37.1 Å². The third-order valence-electron chi connectivity index (χ3n) is 4.35. The highest BCUT2D eigenvalue weighted by Crippen LogP contribution is 2.10. The Bertz CT molecular complexity index is 323. The van der Waals surface area contributed by atoms with E-state index in [9.17, 15) is 0 Å². The van der Waals surface area contributed by atoms with Crippen LogP contribution in [0.3, 0.4) is 0 Å². The van der Waals surface area contributed by atoms with Crippen molar-refractivity contribution in [2.24, 2.45) is 0 Å². The maximum atomic E-state index is 4.22. The average molecular weight is 308 g/mol. The van der Waals surface area contributed by atoms with Crippen molar-refractivity contribution in [3.63, 3.8) is 0 Å². The van der Waals surface area contributed by atoms with Gasteiger partial charge in [0.05, 0.1) is 0 Å². The molecule has 0 unspecified atom stereocenters. The van der Waals surface area contributed by atoms with E-state index in [1.165, 1.54) is 50.8 Å². The van der Waals surface area contributed by atoms with Crippen molar-refractivity contribution in [1.29, 1.82) is 0 Å². The van der Waals surface area contributed by atoms with E-state index in [0.717, 1.165) is 39.1 Å². The van der Waals surface area contributed by atoms with Gasteiger partial charge >= 0.3 is 0 Å². The van der Waals surface area contributed by atoms with Gasteiger partial charge in [-0.05, 0) is 52.1 Å². The number of hydrogen-bond acceptors (Lipinski definition) is 3. The fourth-order valence-electron chi connectivity index (χ4n) is 2.77. The van der Waals surface area contributed by atoms with Crippen LogP contribution in [-0.4, -0.2) is 50.7 Å². The molecule has 1 saturated heterocycles. The second-order valence-electron chi connectivity index (χ2n) is 6.53. The van der Waals surface area contributed by atoms with Crippen LogP contribution in [0.1, 0.15) is 52.4 Å². The van der Waals surface area contributed by atoms with Crippen molar-refractivity contribution in [3.05, 3.63) is 23.8 Å². The summed E-state index contributed by atoms with van der Waals surface area (Å²) in [6, 6.07) is 0. The summed E-state index contributed by atoms with van der Waals surface area (Å²) in [5.41, 5.74) is 2.95. The van der Waals surface area contributed by atoms with Crippen LogP contribution in [0.4, 0.5) is 0 Å². The summed E-state index contributed by atoms with van der Waals surface area (Å²) in [5, 5.41) is 7.03. The first-order valence-electron chi connectivity index (χ1n) is 9.18. The molecule has 3 nitrogen and oxygen atoms in total. The minimum absolute atomic E-state index is 1.06. The summed E-state index contributed by atoms with van der Waals surface area (Å²) in [6.45, 7) is 16.6. The molecule has 0 radical (unpaired) electrons. The Labute approximate surface area is 138 Å². The Morgan fingerprint density at radius 1 is 1.14 bits per heavy atom. The lowest BCUT2D eigenvalue weighted by Gasteiger charge is -2.23. The second kappa shape index (κ2) is 12.9. The quantitative estimate of drug-likeness (QED) is 0.763. The first kappa shape index (κ1) is 19.4. The molecule has 0 spiro atoms. The standard InChI is InChI=1S/C19H37N3/c1-4-5-7-19(3)10-16-22-15-6-8-18(2)9-11-20-12-13-21-14-17-22/h7,20-21H,2,4-6,8-17H2,1,3H3/b19-7-. The Hall–Kier alpha value is -0.640. The summed E-state index contributed by atoms with van der Waals surface area (Å²) in [7, 11) is 0. The highest BCUT2D eigenvalue weighted by molar-refractivity contribution is 4.98.